The summed E-state index contributed by atoms with van der Waals surface area (Å²) < 4.78 is 0. The molecular weight excluding hydrogens is 306 g/mol. The maximum absolute atomic E-state index is 12.3. The Morgan fingerprint density at radius 2 is 2.10 bits per heavy atom. The van der Waals surface area contributed by atoms with Gasteiger partial charge in [-0.2, -0.15) is 0 Å². The number of thiophene rings is 1. The van der Waals surface area contributed by atoms with Crippen molar-refractivity contribution in [2.24, 2.45) is 0 Å². The van der Waals surface area contributed by atoms with Crippen molar-refractivity contribution in [3.05, 3.63) is 56.7 Å². The second-order valence-electron chi connectivity index (χ2n) is 4.93. The molecule has 1 atom stereocenters. The standard InChI is InChI=1S/C16H18ClNO2S/c1-11-10-21-15(14(11)17)16(20)18-13(7-8-19)9-12-5-3-2-4-6-12/h2-6,10,13,19H,7-9H2,1H3,(H,18,20)/t13-/m0/s1. The molecule has 2 rings (SSSR count). The summed E-state index contributed by atoms with van der Waals surface area (Å²) in [7, 11) is 0. The van der Waals surface area contributed by atoms with Crippen molar-refractivity contribution in [3.8, 4) is 0 Å². The first-order chi connectivity index (χ1) is 10.1. The highest BCUT2D eigenvalue weighted by molar-refractivity contribution is 7.13. The van der Waals surface area contributed by atoms with Crippen LogP contribution in [-0.2, 0) is 6.42 Å². The average Bonchev–Trinajstić information content (AvgIpc) is 2.80. The monoisotopic (exact) mass is 323 g/mol. The number of aliphatic hydroxyl groups is 1. The molecule has 0 radical (unpaired) electrons. The molecule has 1 amide bonds. The van der Waals surface area contributed by atoms with Gasteiger partial charge in [0.05, 0.1) is 5.02 Å². The molecule has 1 heterocycles. The highest BCUT2D eigenvalue weighted by Crippen LogP contribution is 2.27. The van der Waals surface area contributed by atoms with E-state index < -0.39 is 0 Å². The van der Waals surface area contributed by atoms with Crippen LogP contribution in [0, 0.1) is 6.92 Å². The largest absolute Gasteiger partial charge is 0.396 e. The van der Waals surface area contributed by atoms with E-state index in [0.29, 0.717) is 22.7 Å². The molecule has 112 valence electrons. The molecule has 1 aromatic heterocycles. The van der Waals surface area contributed by atoms with Crippen molar-refractivity contribution < 1.29 is 9.90 Å². The average molecular weight is 324 g/mol. The van der Waals surface area contributed by atoms with Crippen LogP contribution < -0.4 is 5.32 Å². The maximum atomic E-state index is 12.3. The fourth-order valence-electron chi connectivity index (χ4n) is 2.11. The first-order valence-electron chi connectivity index (χ1n) is 6.81. The Bertz CT molecular complexity index is 598. The van der Waals surface area contributed by atoms with Crippen LogP contribution in [0.15, 0.2) is 35.7 Å². The van der Waals surface area contributed by atoms with Crippen molar-refractivity contribution in [1.29, 1.82) is 0 Å². The Labute approximate surface area is 133 Å². The molecule has 2 aromatic rings. The van der Waals surface area contributed by atoms with E-state index in [2.05, 4.69) is 5.32 Å². The third-order valence-electron chi connectivity index (χ3n) is 3.24. The number of hydrogen-bond donors (Lipinski definition) is 2. The van der Waals surface area contributed by atoms with Gasteiger partial charge in [-0.3, -0.25) is 4.79 Å². The lowest BCUT2D eigenvalue weighted by Crippen LogP contribution is -2.37. The molecule has 2 N–H and O–H groups in total. The Kier molecular flexibility index (Phi) is 5.79. The molecule has 21 heavy (non-hydrogen) atoms. The van der Waals surface area contributed by atoms with Crippen molar-refractivity contribution in [2.45, 2.75) is 25.8 Å². The second kappa shape index (κ2) is 7.59. The molecule has 1 aromatic carbocycles. The predicted molar refractivity (Wildman–Crippen MR) is 87.2 cm³/mol. The fourth-order valence-corrected chi connectivity index (χ4v) is 3.30. The van der Waals surface area contributed by atoms with E-state index in [9.17, 15) is 9.90 Å². The number of aliphatic hydroxyl groups excluding tert-OH is 1. The number of hydrogen-bond acceptors (Lipinski definition) is 3. The van der Waals surface area contributed by atoms with Crippen LogP contribution in [0.1, 0.15) is 27.2 Å². The highest BCUT2D eigenvalue weighted by Gasteiger charge is 2.18. The highest BCUT2D eigenvalue weighted by atomic mass is 35.5. The molecule has 0 fully saturated rings. The second-order valence-corrected chi connectivity index (χ2v) is 6.19. The minimum Gasteiger partial charge on any atom is -0.396 e. The van der Waals surface area contributed by atoms with Crippen molar-refractivity contribution in [3.63, 3.8) is 0 Å². The molecule has 0 saturated heterocycles. The van der Waals surface area contributed by atoms with Crippen LogP contribution in [-0.4, -0.2) is 23.7 Å². The van der Waals surface area contributed by atoms with E-state index in [4.69, 9.17) is 11.6 Å². The van der Waals surface area contributed by atoms with E-state index in [-0.39, 0.29) is 18.6 Å². The van der Waals surface area contributed by atoms with Gasteiger partial charge < -0.3 is 10.4 Å². The molecule has 0 saturated carbocycles. The molecule has 3 nitrogen and oxygen atoms in total. The number of rotatable bonds is 6. The first-order valence-corrected chi connectivity index (χ1v) is 8.06. The maximum Gasteiger partial charge on any atom is 0.263 e. The Balaban J connectivity index is 2.05. The van der Waals surface area contributed by atoms with Gasteiger partial charge in [-0.1, -0.05) is 41.9 Å². The lowest BCUT2D eigenvalue weighted by atomic mass is 10.0. The molecule has 0 aliphatic rings. The molecule has 0 aliphatic heterocycles. The van der Waals surface area contributed by atoms with Gasteiger partial charge in [-0.05, 0) is 36.3 Å². The van der Waals surface area contributed by atoms with E-state index in [1.807, 2.05) is 42.6 Å². The topological polar surface area (TPSA) is 49.3 Å². The van der Waals surface area contributed by atoms with Gasteiger partial charge in [0.15, 0.2) is 0 Å². The first kappa shape index (κ1) is 16.0. The quantitative estimate of drug-likeness (QED) is 0.855. The number of aryl methyl sites for hydroxylation is 1. The Morgan fingerprint density at radius 3 is 2.67 bits per heavy atom. The van der Waals surface area contributed by atoms with Crippen LogP contribution in [0.4, 0.5) is 0 Å². The van der Waals surface area contributed by atoms with Crippen LogP contribution in [0.2, 0.25) is 5.02 Å². The van der Waals surface area contributed by atoms with Crippen LogP contribution >= 0.6 is 22.9 Å². The van der Waals surface area contributed by atoms with Crippen LogP contribution in [0.5, 0.6) is 0 Å². The number of amides is 1. The Morgan fingerprint density at radius 1 is 1.38 bits per heavy atom. The van der Waals surface area contributed by atoms with Crippen LogP contribution in [0.25, 0.3) is 0 Å². The fraction of sp³-hybridized carbons (Fsp3) is 0.312. The summed E-state index contributed by atoms with van der Waals surface area (Å²) in [6.07, 6.45) is 1.21. The summed E-state index contributed by atoms with van der Waals surface area (Å²) in [6, 6.07) is 9.80. The number of carbonyl (C=O) groups is 1. The lowest BCUT2D eigenvalue weighted by Gasteiger charge is -2.17. The van der Waals surface area contributed by atoms with Gasteiger partial charge in [-0.15, -0.1) is 11.3 Å². The van der Waals surface area contributed by atoms with Gasteiger partial charge in [-0.25, -0.2) is 0 Å². The summed E-state index contributed by atoms with van der Waals surface area (Å²) in [5, 5.41) is 14.5. The number of carbonyl (C=O) groups excluding carboxylic acids is 1. The number of nitrogens with one attached hydrogen (secondary N) is 1. The molecule has 0 bridgehead atoms. The molecule has 5 heteroatoms. The van der Waals surface area contributed by atoms with E-state index >= 15 is 0 Å². The normalized spacial score (nSPS) is 12.1. The van der Waals surface area contributed by atoms with Crippen molar-refractivity contribution >= 4 is 28.8 Å². The Hall–Kier alpha value is -1.36. The summed E-state index contributed by atoms with van der Waals surface area (Å²) in [4.78, 5) is 12.8. The summed E-state index contributed by atoms with van der Waals surface area (Å²) >= 11 is 7.47. The summed E-state index contributed by atoms with van der Waals surface area (Å²) in [5.74, 6) is -0.174. The van der Waals surface area contributed by atoms with Gasteiger partial charge >= 0.3 is 0 Å². The SMILES string of the molecule is Cc1csc(C(=O)N[C@@H](CCO)Cc2ccccc2)c1Cl. The summed E-state index contributed by atoms with van der Waals surface area (Å²) in [6.45, 7) is 1.92. The van der Waals surface area contributed by atoms with Crippen molar-refractivity contribution in [1.82, 2.24) is 5.32 Å². The molecule has 0 spiro atoms. The minimum atomic E-state index is -0.174. The summed E-state index contributed by atoms with van der Waals surface area (Å²) in [5.41, 5.74) is 2.04. The van der Waals surface area contributed by atoms with E-state index in [0.717, 1.165) is 11.1 Å². The number of benzene rings is 1. The molecule has 0 unspecified atom stereocenters. The van der Waals surface area contributed by atoms with Gasteiger partial charge in [0.1, 0.15) is 4.88 Å². The van der Waals surface area contributed by atoms with Gasteiger partial charge in [0.2, 0.25) is 0 Å². The number of halogens is 1. The minimum absolute atomic E-state index is 0.0367. The van der Waals surface area contributed by atoms with E-state index in [1.54, 1.807) is 0 Å². The molecular formula is C16H18ClNO2S. The predicted octanol–water partition coefficient (Wildman–Crippen LogP) is 3.43. The third kappa shape index (κ3) is 4.30. The van der Waals surface area contributed by atoms with Crippen molar-refractivity contribution in [2.75, 3.05) is 6.61 Å². The lowest BCUT2D eigenvalue weighted by molar-refractivity contribution is 0.0934. The third-order valence-corrected chi connectivity index (χ3v) is 4.94. The molecule has 0 aliphatic carbocycles. The zero-order chi connectivity index (χ0) is 15.2. The van der Waals surface area contributed by atoms with Gasteiger partial charge in [0, 0.05) is 12.6 Å². The van der Waals surface area contributed by atoms with Crippen LogP contribution in [0.3, 0.4) is 0 Å². The smallest absolute Gasteiger partial charge is 0.263 e. The zero-order valence-corrected chi connectivity index (χ0v) is 13.4. The van der Waals surface area contributed by atoms with Gasteiger partial charge in [0.25, 0.3) is 5.91 Å². The van der Waals surface area contributed by atoms with E-state index in [1.165, 1.54) is 11.3 Å². The zero-order valence-electron chi connectivity index (χ0n) is 11.8.